The summed E-state index contributed by atoms with van der Waals surface area (Å²) in [6.45, 7) is 5.12. The first kappa shape index (κ1) is 21.4. The van der Waals surface area contributed by atoms with E-state index in [0.29, 0.717) is 5.92 Å². The van der Waals surface area contributed by atoms with Gasteiger partial charge in [-0.15, -0.1) is 0 Å². The normalized spacial score (nSPS) is 22.1. The highest BCUT2D eigenvalue weighted by Gasteiger charge is 2.21. The standard InChI is InChI=1S/C23H32N6O2/c1-28-11-13-29(14-12-28)23(30)27-20-7-5-19(6-8-20)26-22-24-15-18(16-25-22)17-3-9-21(31-2)10-4-17/h3-10,18,22,24-26H,11-16H2,1-2H3,(H,27,30). The Morgan fingerprint density at radius 2 is 1.55 bits per heavy atom. The van der Waals surface area contributed by atoms with Gasteiger partial charge in [0.05, 0.1) is 7.11 Å². The van der Waals surface area contributed by atoms with Crippen LogP contribution in [0.15, 0.2) is 48.5 Å². The first-order chi connectivity index (χ1) is 15.1. The lowest BCUT2D eigenvalue weighted by atomic mass is 9.97. The average molecular weight is 425 g/mol. The van der Waals surface area contributed by atoms with Crippen molar-refractivity contribution in [3.8, 4) is 5.75 Å². The minimum absolute atomic E-state index is 0.000258. The van der Waals surface area contributed by atoms with E-state index >= 15 is 0 Å². The summed E-state index contributed by atoms with van der Waals surface area (Å²) in [7, 11) is 3.76. The number of carbonyl (C=O) groups is 1. The van der Waals surface area contributed by atoms with Crippen LogP contribution in [0.4, 0.5) is 16.2 Å². The molecule has 4 N–H and O–H groups in total. The molecule has 4 rings (SSSR count). The van der Waals surface area contributed by atoms with Gasteiger partial charge in [0.2, 0.25) is 0 Å². The van der Waals surface area contributed by atoms with Crippen LogP contribution in [0.3, 0.4) is 0 Å². The van der Waals surface area contributed by atoms with Crippen molar-refractivity contribution in [3.05, 3.63) is 54.1 Å². The van der Waals surface area contributed by atoms with Crippen LogP contribution in [-0.4, -0.2) is 75.5 Å². The fraction of sp³-hybridized carbons (Fsp3) is 0.435. The van der Waals surface area contributed by atoms with Gasteiger partial charge in [0, 0.05) is 56.6 Å². The molecule has 8 nitrogen and oxygen atoms in total. The maximum atomic E-state index is 12.4. The molecule has 31 heavy (non-hydrogen) atoms. The minimum atomic E-state index is -0.0333. The van der Waals surface area contributed by atoms with Crippen molar-refractivity contribution >= 4 is 17.4 Å². The van der Waals surface area contributed by atoms with Gasteiger partial charge in [-0.2, -0.15) is 0 Å². The zero-order chi connectivity index (χ0) is 21.6. The summed E-state index contributed by atoms with van der Waals surface area (Å²) in [5.74, 6) is 1.29. The molecule has 2 fully saturated rings. The predicted octanol–water partition coefficient (Wildman–Crippen LogP) is 2.15. The zero-order valence-corrected chi connectivity index (χ0v) is 18.2. The topological polar surface area (TPSA) is 80.9 Å². The predicted molar refractivity (Wildman–Crippen MR) is 124 cm³/mol. The number of carbonyl (C=O) groups excluding carboxylic acids is 1. The lowest BCUT2D eigenvalue weighted by Gasteiger charge is -2.33. The number of methoxy groups -OCH3 is 1. The van der Waals surface area contributed by atoms with Crippen LogP contribution in [-0.2, 0) is 0 Å². The molecule has 2 aromatic carbocycles. The summed E-state index contributed by atoms with van der Waals surface area (Å²) in [6.07, 6.45) is 0.000258. The van der Waals surface area contributed by atoms with E-state index in [9.17, 15) is 4.79 Å². The first-order valence-corrected chi connectivity index (χ1v) is 10.8. The van der Waals surface area contributed by atoms with Crippen LogP contribution in [0, 0.1) is 0 Å². The van der Waals surface area contributed by atoms with Gasteiger partial charge >= 0.3 is 6.03 Å². The zero-order valence-electron chi connectivity index (χ0n) is 18.2. The van der Waals surface area contributed by atoms with E-state index in [1.165, 1.54) is 5.56 Å². The highest BCUT2D eigenvalue weighted by molar-refractivity contribution is 5.89. The van der Waals surface area contributed by atoms with Crippen molar-refractivity contribution in [2.45, 2.75) is 12.2 Å². The molecule has 0 saturated carbocycles. The molecule has 2 heterocycles. The second-order valence-electron chi connectivity index (χ2n) is 8.16. The third-order valence-corrected chi connectivity index (χ3v) is 5.96. The molecule has 0 radical (unpaired) electrons. The van der Waals surface area contributed by atoms with Crippen molar-refractivity contribution in [3.63, 3.8) is 0 Å². The average Bonchev–Trinajstić information content (AvgIpc) is 2.81. The molecule has 8 heteroatoms. The van der Waals surface area contributed by atoms with Crippen molar-refractivity contribution < 1.29 is 9.53 Å². The lowest BCUT2D eigenvalue weighted by molar-refractivity contribution is 0.164. The Morgan fingerprint density at radius 1 is 0.935 bits per heavy atom. The molecular weight excluding hydrogens is 392 g/mol. The number of likely N-dealkylation sites (N-methyl/N-ethyl adjacent to an activating group) is 1. The van der Waals surface area contributed by atoms with Gasteiger partial charge in [-0.3, -0.25) is 10.6 Å². The number of hydrogen-bond acceptors (Lipinski definition) is 6. The summed E-state index contributed by atoms with van der Waals surface area (Å²) in [5.41, 5.74) is 3.09. The number of nitrogens with one attached hydrogen (secondary N) is 4. The van der Waals surface area contributed by atoms with Crippen molar-refractivity contribution in [2.24, 2.45) is 0 Å². The maximum Gasteiger partial charge on any atom is 0.321 e. The summed E-state index contributed by atoms with van der Waals surface area (Å²) in [4.78, 5) is 16.5. The van der Waals surface area contributed by atoms with E-state index in [2.05, 4.69) is 45.3 Å². The third kappa shape index (κ3) is 5.66. The minimum Gasteiger partial charge on any atom is -0.497 e. The number of piperazine rings is 1. The molecule has 2 amide bonds. The van der Waals surface area contributed by atoms with E-state index in [4.69, 9.17) is 4.74 Å². The molecule has 2 aliphatic heterocycles. The number of urea groups is 1. The molecule has 0 unspecified atom stereocenters. The molecule has 0 bridgehead atoms. The number of anilines is 2. The Kier molecular flexibility index (Phi) is 6.91. The Balaban J connectivity index is 1.23. The van der Waals surface area contributed by atoms with Crippen LogP contribution in [0.1, 0.15) is 11.5 Å². The van der Waals surface area contributed by atoms with E-state index in [1.54, 1.807) is 7.11 Å². The Morgan fingerprint density at radius 3 is 2.16 bits per heavy atom. The number of nitrogens with zero attached hydrogens (tertiary/aromatic N) is 2. The van der Waals surface area contributed by atoms with Gasteiger partial charge in [-0.1, -0.05) is 12.1 Å². The van der Waals surface area contributed by atoms with Gasteiger partial charge in [0.1, 0.15) is 12.0 Å². The Hall–Kier alpha value is -2.81. The summed E-state index contributed by atoms with van der Waals surface area (Å²) in [6, 6.07) is 16.0. The van der Waals surface area contributed by atoms with Crippen molar-refractivity contribution in [2.75, 3.05) is 64.1 Å². The molecule has 0 atom stereocenters. The lowest BCUT2D eigenvalue weighted by Crippen LogP contribution is -2.55. The number of benzene rings is 2. The Labute approximate surface area is 183 Å². The van der Waals surface area contributed by atoms with Crippen LogP contribution >= 0.6 is 0 Å². The third-order valence-electron chi connectivity index (χ3n) is 5.96. The second-order valence-corrected chi connectivity index (χ2v) is 8.16. The highest BCUT2D eigenvalue weighted by Crippen LogP contribution is 2.21. The summed E-state index contributed by atoms with van der Waals surface area (Å²) < 4.78 is 5.24. The van der Waals surface area contributed by atoms with Crippen LogP contribution in [0.2, 0.25) is 0 Å². The fourth-order valence-electron chi connectivity index (χ4n) is 3.91. The number of hydrogen-bond donors (Lipinski definition) is 4. The maximum absolute atomic E-state index is 12.4. The largest absolute Gasteiger partial charge is 0.497 e. The molecule has 166 valence electrons. The van der Waals surface area contributed by atoms with Gasteiger partial charge < -0.3 is 25.2 Å². The second kappa shape index (κ2) is 10.00. The monoisotopic (exact) mass is 424 g/mol. The molecule has 2 saturated heterocycles. The molecule has 2 aromatic rings. The van der Waals surface area contributed by atoms with E-state index in [1.807, 2.05) is 41.3 Å². The van der Waals surface area contributed by atoms with Crippen LogP contribution in [0.5, 0.6) is 5.75 Å². The molecular formula is C23H32N6O2. The summed E-state index contributed by atoms with van der Waals surface area (Å²) >= 11 is 0. The molecule has 0 aliphatic carbocycles. The van der Waals surface area contributed by atoms with Crippen molar-refractivity contribution in [1.29, 1.82) is 0 Å². The van der Waals surface area contributed by atoms with Gasteiger partial charge in [0.25, 0.3) is 0 Å². The number of rotatable bonds is 5. The number of amides is 2. The Bertz CT molecular complexity index is 841. The smallest absolute Gasteiger partial charge is 0.321 e. The fourth-order valence-corrected chi connectivity index (χ4v) is 3.91. The number of ether oxygens (including phenoxy) is 1. The van der Waals surface area contributed by atoms with Gasteiger partial charge in [0.15, 0.2) is 0 Å². The SMILES string of the molecule is COc1ccc(C2CNC(Nc3ccc(NC(=O)N4CCN(C)CC4)cc3)NC2)cc1. The quantitative estimate of drug-likeness (QED) is 0.589. The van der Waals surface area contributed by atoms with Gasteiger partial charge in [-0.25, -0.2) is 4.79 Å². The van der Waals surface area contributed by atoms with E-state index in [-0.39, 0.29) is 12.3 Å². The van der Waals surface area contributed by atoms with Gasteiger partial charge in [-0.05, 0) is 49.0 Å². The molecule has 2 aliphatic rings. The highest BCUT2D eigenvalue weighted by atomic mass is 16.5. The van der Waals surface area contributed by atoms with E-state index < -0.39 is 0 Å². The summed E-state index contributed by atoms with van der Waals surface area (Å²) in [5, 5.41) is 13.4. The van der Waals surface area contributed by atoms with Crippen LogP contribution in [0.25, 0.3) is 0 Å². The molecule has 0 aromatic heterocycles. The van der Waals surface area contributed by atoms with Crippen LogP contribution < -0.4 is 26.0 Å². The first-order valence-electron chi connectivity index (χ1n) is 10.8. The molecule has 0 spiro atoms. The van der Waals surface area contributed by atoms with Crippen molar-refractivity contribution in [1.82, 2.24) is 20.4 Å². The van der Waals surface area contributed by atoms with E-state index in [0.717, 1.165) is 56.4 Å².